The summed E-state index contributed by atoms with van der Waals surface area (Å²) in [6.45, 7) is 0. The van der Waals surface area contributed by atoms with E-state index in [0.29, 0.717) is 12.8 Å². The van der Waals surface area contributed by atoms with Crippen molar-refractivity contribution >= 4 is 5.97 Å². The van der Waals surface area contributed by atoms with Crippen molar-refractivity contribution in [2.75, 3.05) is 0 Å². The van der Waals surface area contributed by atoms with Gasteiger partial charge in [0.15, 0.2) is 0 Å². The molecule has 1 aliphatic rings. The quantitative estimate of drug-likeness (QED) is 0.699. The van der Waals surface area contributed by atoms with E-state index < -0.39 is 24.0 Å². The van der Waals surface area contributed by atoms with Gasteiger partial charge in [0.05, 0.1) is 11.8 Å². The molecule has 1 saturated carbocycles. The molecule has 5 heteroatoms. The molecule has 0 aromatic heterocycles. The van der Waals surface area contributed by atoms with Crippen LogP contribution in [0.2, 0.25) is 0 Å². The molecule has 1 N–H and O–H groups in total. The minimum Gasteiger partial charge on any atom is -0.481 e. The van der Waals surface area contributed by atoms with Crippen LogP contribution in [0.4, 0.5) is 13.2 Å². The topological polar surface area (TPSA) is 37.3 Å². The first-order chi connectivity index (χ1) is 5.91. The molecule has 0 radical (unpaired) electrons. The second-order valence-electron chi connectivity index (χ2n) is 3.44. The highest BCUT2D eigenvalue weighted by molar-refractivity contribution is 5.70. The fourth-order valence-electron chi connectivity index (χ4n) is 1.71. The van der Waals surface area contributed by atoms with Crippen molar-refractivity contribution in [2.45, 2.75) is 31.9 Å². The number of aliphatic carboxylic acids is 1. The molecule has 1 fully saturated rings. The molecule has 0 saturated heterocycles. The minimum atomic E-state index is -4.23. The van der Waals surface area contributed by atoms with Crippen LogP contribution in [0.25, 0.3) is 0 Å². The van der Waals surface area contributed by atoms with Gasteiger partial charge in [-0.1, -0.05) is 6.42 Å². The standard InChI is InChI=1S/C8H11F3O2/c9-8(10,11)6-3-1-2-5(4-6)7(12)13/h5-6H,1-4H2,(H,12,13)/t5-,6+/m0/s1. The van der Waals surface area contributed by atoms with Crippen molar-refractivity contribution in [1.29, 1.82) is 0 Å². The van der Waals surface area contributed by atoms with E-state index in [4.69, 9.17) is 5.11 Å². The number of carboxylic acid groups (broad SMARTS) is 1. The summed E-state index contributed by atoms with van der Waals surface area (Å²) in [5.74, 6) is -3.32. The van der Waals surface area contributed by atoms with Crippen LogP contribution in [0.5, 0.6) is 0 Å². The largest absolute Gasteiger partial charge is 0.481 e. The van der Waals surface area contributed by atoms with Crippen LogP contribution >= 0.6 is 0 Å². The van der Waals surface area contributed by atoms with E-state index in [1.165, 1.54) is 0 Å². The predicted octanol–water partition coefficient (Wildman–Crippen LogP) is 2.44. The zero-order chi connectivity index (χ0) is 10.1. The van der Waals surface area contributed by atoms with E-state index in [2.05, 4.69) is 0 Å². The number of carbonyl (C=O) groups is 1. The van der Waals surface area contributed by atoms with Crippen LogP contribution in [0.15, 0.2) is 0 Å². The number of alkyl halides is 3. The Kier molecular flexibility index (Phi) is 2.83. The second kappa shape index (κ2) is 3.55. The zero-order valence-corrected chi connectivity index (χ0v) is 6.97. The fourth-order valence-corrected chi connectivity index (χ4v) is 1.71. The molecule has 0 unspecified atom stereocenters. The maximum atomic E-state index is 12.2. The zero-order valence-electron chi connectivity index (χ0n) is 6.97. The van der Waals surface area contributed by atoms with Gasteiger partial charge < -0.3 is 5.11 Å². The average Bonchev–Trinajstić information content (AvgIpc) is 2.03. The van der Waals surface area contributed by atoms with Gasteiger partial charge >= 0.3 is 12.1 Å². The van der Waals surface area contributed by atoms with Crippen LogP contribution in [-0.4, -0.2) is 17.3 Å². The molecule has 0 spiro atoms. The smallest absolute Gasteiger partial charge is 0.391 e. The Morgan fingerprint density at radius 3 is 2.38 bits per heavy atom. The molecule has 1 aliphatic carbocycles. The van der Waals surface area contributed by atoms with Gasteiger partial charge in [0.25, 0.3) is 0 Å². The molecule has 0 heterocycles. The van der Waals surface area contributed by atoms with Gasteiger partial charge in [-0.25, -0.2) is 0 Å². The Morgan fingerprint density at radius 1 is 1.31 bits per heavy atom. The van der Waals surface area contributed by atoms with Crippen molar-refractivity contribution < 1.29 is 23.1 Å². The van der Waals surface area contributed by atoms with Crippen LogP contribution in [0.3, 0.4) is 0 Å². The lowest BCUT2D eigenvalue weighted by Crippen LogP contribution is -2.31. The molecule has 0 aliphatic heterocycles. The van der Waals surface area contributed by atoms with Crippen molar-refractivity contribution in [2.24, 2.45) is 11.8 Å². The van der Waals surface area contributed by atoms with Crippen molar-refractivity contribution in [3.8, 4) is 0 Å². The molecule has 0 amide bonds. The Balaban J connectivity index is 2.57. The van der Waals surface area contributed by atoms with Crippen molar-refractivity contribution in [1.82, 2.24) is 0 Å². The SMILES string of the molecule is O=C(O)[C@H]1CCC[C@@H](C(F)(F)F)C1. The highest BCUT2D eigenvalue weighted by atomic mass is 19.4. The number of hydrogen-bond acceptors (Lipinski definition) is 1. The highest BCUT2D eigenvalue weighted by Gasteiger charge is 2.43. The molecule has 0 bridgehead atoms. The number of halogens is 3. The van der Waals surface area contributed by atoms with E-state index in [0.717, 1.165) is 0 Å². The number of rotatable bonds is 1. The fraction of sp³-hybridized carbons (Fsp3) is 0.875. The molecule has 2 atom stereocenters. The van der Waals surface area contributed by atoms with Gasteiger partial charge in [-0.15, -0.1) is 0 Å². The molecule has 76 valence electrons. The third-order valence-electron chi connectivity index (χ3n) is 2.49. The first-order valence-corrected chi connectivity index (χ1v) is 4.21. The van der Waals surface area contributed by atoms with E-state index in [-0.39, 0.29) is 12.8 Å². The molecule has 0 aromatic carbocycles. The minimum absolute atomic E-state index is 0.0767. The summed E-state index contributed by atoms with van der Waals surface area (Å²) in [6.07, 6.45) is -3.66. The maximum absolute atomic E-state index is 12.2. The van der Waals surface area contributed by atoms with E-state index in [1.807, 2.05) is 0 Å². The first-order valence-electron chi connectivity index (χ1n) is 4.21. The van der Waals surface area contributed by atoms with Crippen LogP contribution in [-0.2, 0) is 4.79 Å². The van der Waals surface area contributed by atoms with E-state index in [1.54, 1.807) is 0 Å². The van der Waals surface area contributed by atoms with Gasteiger partial charge in [0.1, 0.15) is 0 Å². The molecular weight excluding hydrogens is 185 g/mol. The van der Waals surface area contributed by atoms with Gasteiger partial charge in [0, 0.05) is 0 Å². The molecular formula is C8H11F3O2. The van der Waals surface area contributed by atoms with Gasteiger partial charge in [-0.3, -0.25) is 4.79 Å². The lowest BCUT2D eigenvalue weighted by molar-refractivity contribution is -0.188. The summed E-state index contributed by atoms with van der Waals surface area (Å²) in [5.41, 5.74) is 0. The summed E-state index contributed by atoms with van der Waals surface area (Å²) >= 11 is 0. The van der Waals surface area contributed by atoms with Crippen LogP contribution in [0.1, 0.15) is 25.7 Å². The average molecular weight is 196 g/mol. The Hall–Kier alpha value is -0.740. The Morgan fingerprint density at radius 2 is 1.92 bits per heavy atom. The van der Waals surface area contributed by atoms with Gasteiger partial charge in [-0.05, 0) is 19.3 Å². The monoisotopic (exact) mass is 196 g/mol. The van der Waals surface area contributed by atoms with Crippen molar-refractivity contribution in [3.05, 3.63) is 0 Å². The summed E-state index contributed by atoms with van der Waals surface area (Å²) < 4.78 is 36.6. The molecule has 2 nitrogen and oxygen atoms in total. The first kappa shape index (κ1) is 10.3. The predicted molar refractivity (Wildman–Crippen MR) is 39.1 cm³/mol. The summed E-state index contributed by atoms with van der Waals surface area (Å²) in [4.78, 5) is 10.5. The highest BCUT2D eigenvalue weighted by Crippen LogP contribution is 2.39. The molecule has 13 heavy (non-hydrogen) atoms. The lowest BCUT2D eigenvalue weighted by atomic mass is 9.81. The summed E-state index contributed by atoms with van der Waals surface area (Å²) in [6, 6.07) is 0. The Bertz CT molecular complexity index is 200. The Labute approximate surface area is 73.7 Å². The molecule has 0 aromatic rings. The summed E-state index contributed by atoms with van der Waals surface area (Å²) in [7, 11) is 0. The summed E-state index contributed by atoms with van der Waals surface area (Å²) in [5, 5.41) is 8.55. The van der Waals surface area contributed by atoms with Crippen molar-refractivity contribution in [3.63, 3.8) is 0 Å². The van der Waals surface area contributed by atoms with E-state index in [9.17, 15) is 18.0 Å². The van der Waals surface area contributed by atoms with Crippen LogP contribution < -0.4 is 0 Å². The number of hydrogen-bond donors (Lipinski definition) is 1. The van der Waals surface area contributed by atoms with Gasteiger partial charge in [0.2, 0.25) is 0 Å². The maximum Gasteiger partial charge on any atom is 0.391 e. The third-order valence-corrected chi connectivity index (χ3v) is 2.49. The lowest BCUT2D eigenvalue weighted by Gasteiger charge is -2.28. The van der Waals surface area contributed by atoms with Gasteiger partial charge in [-0.2, -0.15) is 13.2 Å². The van der Waals surface area contributed by atoms with E-state index >= 15 is 0 Å². The molecule has 1 rings (SSSR count). The van der Waals surface area contributed by atoms with Crippen LogP contribution in [0, 0.1) is 11.8 Å². The second-order valence-corrected chi connectivity index (χ2v) is 3.44. The third kappa shape index (κ3) is 2.60. The number of carboxylic acids is 1. The normalized spacial score (nSPS) is 30.1.